The van der Waals surface area contributed by atoms with Gasteiger partial charge in [0.2, 0.25) is 5.91 Å². The maximum Gasteiger partial charge on any atom is 0.268 e. The Hall–Kier alpha value is -3.36. The Morgan fingerprint density at radius 2 is 1.79 bits per heavy atom. The number of carbonyl (C=O) groups excluding carboxylic acids is 2. The summed E-state index contributed by atoms with van der Waals surface area (Å²) < 4.78 is 40.1. The van der Waals surface area contributed by atoms with E-state index in [1.807, 2.05) is 0 Å². The normalized spacial score (nSPS) is 17.2. The molecule has 0 aromatic heterocycles. The number of hydrogen-bond donors (Lipinski definition) is 2. The van der Waals surface area contributed by atoms with Crippen molar-refractivity contribution in [1.29, 1.82) is 0 Å². The van der Waals surface area contributed by atoms with Gasteiger partial charge in [0.15, 0.2) is 0 Å². The number of rotatable bonds is 5. The fourth-order valence-electron chi connectivity index (χ4n) is 2.91. The lowest BCUT2D eigenvalue weighted by Gasteiger charge is -2.20. The van der Waals surface area contributed by atoms with Crippen LogP contribution in [0.15, 0.2) is 47.6 Å². The first-order valence-corrected chi connectivity index (χ1v) is 8.43. The standard InChI is InChI=1S/C19H17F3N4O2/c1-10(14-7-4-12(21)8-15(14)22)24-19(28)16-9-17(18(23)27)26(25-16)13-5-2-11(20)3-6-13/h2-8,10,17H,9H2,1H3,(H2,23,27)(H,24,28)/t10-,17+/m0/s1. The summed E-state index contributed by atoms with van der Waals surface area (Å²) in [5.41, 5.74) is 5.92. The van der Waals surface area contributed by atoms with Crippen molar-refractivity contribution in [2.24, 2.45) is 10.8 Å². The zero-order chi connectivity index (χ0) is 20.4. The van der Waals surface area contributed by atoms with Crippen LogP contribution in [0.1, 0.15) is 24.9 Å². The van der Waals surface area contributed by atoms with Crippen molar-refractivity contribution in [3.8, 4) is 0 Å². The number of nitrogens with zero attached hydrogens (tertiary/aromatic N) is 2. The molecule has 0 saturated carbocycles. The maximum absolute atomic E-state index is 13.9. The molecule has 2 amide bonds. The maximum atomic E-state index is 13.9. The molecule has 3 N–H and O–H groups in total. The van der Waals surface area contributed by atoms with Crippen LogP contribution in [0.25, 0.3) is 0 Å². The number of nitrogens with one attached hydrogen (secondary N) is 1. The molecule has 0 unspecified atom stereocenters. The molecule has 2 aromatic carbocycles. The van der Waals surface area contributed by atoms with Crippen LogP contribution in [-0.4, -0.2) is 23.6 Å². The first kappa shape index (κ1) is 19.4. The van der Waals surface area contributed by atoms with Crippen molar-refractivity contribution < 1.29 is 22.8 Å². The summed E-state index contributed by atoms with van der Waals surface area (Å²) in [6, 6.07) is 6.59. The largest absolute Gasteiger partial charge is 0.368 e. The predicted octanol–water partition coefficient (Wildman–Crippen LogP) is 2.40. The second kappa shape index (κ2) is 7.71. The van der Waals surface area contributed by atoms with Gasteiger partial charge in [-0.2, -0.15) is 5.10 Å². The Balaban J connectivity index is 1.79. The number of halogens is 3. The second-order valence-corrected chi connectivity index (χ2v) is 6.35. The molecule has 0 aliphatic carbocycles. The van der Waals surface area contributed by atoms with E-state index in [2.05, 4.69) is 10.4 Å². The molecule has 1 aliphatic rings. The highest BCUT2D eigenvalue weighted by Crippen LogP contribution is 2.25. The molecule has 0 spiro atoms. The van der Waals surface area contributed by atoms with Crippen molar-refractivity contribution in [2.75, 3.05) is 5.01 Å². The number of anilines is 1. The Labute approximate surface area is 158 Å². The van der Waals surface area contributed by atoms with E-state index in [0.717, 1.165) is 12.1 Å². The highest BCUT2D eigenvalue weighted by atomic mass is 19.1. The Bertz CT molecular complexity index is 947. The minimum atomic E-state index is -0.913. The van der Waals surface area contributed by atoms with Gasteiger partial charge < -0.3 is 11.1 Å². The van der Waals surface area contributed by atoms with Gasteiger partial charge in [0.05, 0.1) is 11.7 Å². The average molecular weight is 390 g/mol. The molecule has 0 fully saturated rings. The molecule has 0 radical (unpaired) electrons. The Kier molecular flexibility index (Phi) is 5.34. The summed E-state index contributed by atoms with van der Waals surface area (Å²) in [5.74, 6) is -3.29. The Morgan fingerprint density at radius 1 is 1.14 bits per heavy atom. The average Bonchev–Trinajstić information content (AvgIpc) is 3.08. The lowest BCUT2D eigenvalue weighted by atomic mass is 10.1. The Morgan fingerprint density at radius 3 is 2.39 bits per heavy atom. The van der Waals surface area contributed by atoms with Crippen molar-refractivity contribution in [1.82, 2.24) is 5.32 Å². The van der Waals surface area contributed by atoms with Gasteiger partial charge in [0, 0.05) is 18.1 Å². The van der Waals surface area contributed by atoms with Gasteiger partial charge in [-0.05, 0) is 37.3 Å². The molecule has 2 atom stereocenters. The first-order valence-electron chi connectivity index (χ1n) is 8.43. The summed E-state index contributed by atoms with van der Waals surface area (Å²) >= 11 is 0. The smallest absolute Gasteiger partial charge is 0.268 e. The van der Waals surface area contributed by atoms with E-state index in [1.165, 1.54) is 42.3 Å². The van der Waals surface area contributed by atoms with Crippen LogP contribution in [0.3, 0.4) is 0 Å². The SMILES string of the molecule is C[C@H](NC(=O)C1=NN(c2ccc(F)cc2)[C@@H](C(N)=O)C1)c1ccc(F)cc1F. The van der Waals surface area contributed by atoms with Crippen molar-refractivity contribution in [3.63, 3.8) is 0 Å². The fraction of sp³-hybridized carbons (Fsp3) is 0.211. The zero-order valence-corrected chi connectivity index (χ0v) is 14.8. The molecule has 1 aliphatic heterocycles. The van der Waals surface area contributed by atoms with Gasteiger partial charge >= 0.3 is 0 Å². The van der Waals surface area contributed by atoms with E-state index in [1.54, 1.807) is 0 Å². The topological polar surface area (TPSA) is 87.8 Å². The monoisotopic (exact) mass is 390 g/mol. The van der Waals surface area contributed by atoms with E-state index >= 15 is 0 Å². The highest BCUT2D eigenvalue weighted by Gasteiger charge is 2.35. The third-order valence-corrected chi connectivity index (χ3v) is 4.37. The molecule has 1 heterocycles. The summed E-state index contributed by atoms with van der Waals surface area (Å²) in [4.78, 5) is 24.3. The van der Waals surface area contributed by atoms with Crippen LogP contribution in [0.5, 0.6) is 0 Å². The molecule has 3 rings (SSSR count). The number of hydrogen-bond acceptors (Lipinski definition) is 4. The molecule has 0 saturated heterocycles. The minimum absolute atomic E-state index is 0.0162. The number of carbonyl (C=O) groups is 2. The van der Waals surface area contributed by atoms with Gasteiger partial charge in [-0.15, -0.1) is 0 Å². The van der Waals surface area contributed by atoms with Gasteiger partial charge in [0.25, 0.3) is 5.91 Å². The number of nitrogens with two attached hydrogens (primary N) is 1. The van der Waals surface area contributed by atoms with Crippen LogP contribution in [0.2, 0.25) is 0 Å². The summed E-state index contributed by atoms with van der Waals surface area (Å²) in [5, 5.41) is 7.95. The summed E-state index contributed by atoms with van der Waals surface area (Å²) in [6.45, 7) is 1.53. The van der Waals surface area contributed by atoms with Gasteiger partial charge in [-0.3, -0.25) is 14.6 Å². The van der Waals surface area contributed by atoms with Gasteiger partial charge in [-0.25, -0.2) is 13.2 Å². The number of primary amides is 1. The molecule has 6 nitrogen and oxygen atoms in total. The summed E-state index contributed by atoms with van der Waals surface area (Å²) in [7, 11) is 0. The molecule has 2 aromatic rings. The van der Waals surface area contributed by atoms with Crippen LogP contribution in [0, 0.1) is 17.5 Å². The van der Waals surface area contributed by atoms with Crippen LogP contribution < -0.4 is 16.1 Å². The van der Waals surface area contributed by atoms with E-state index < -0.39 is 41.3 Å². The minimum Gasteiger partial charge on any atom is -0.368 e. The zero-order valence-electron chi connectivity index (χ0n) is 14.8. The lowest BCUT2D eigenvalue weighted by Crippen LogP contribution is -2.40. The second-order valence-electron chi connectivity index (χ2n) is 6.35. The van der Waals surface area contributed by atoms with E-state index in [9.17, 15) is 22.8 Å². The van der Waals surface area contributed by atoms with Gasteiger partial charge in [-0.1, -0.05) is 6.07 Å². The fourth-order valence-corrected chi connectivity index (χ4v) is 2.91. The molecular weight excluding hydrogens is 373 g/mol. The number of benzene rings is 2. The van der Waals surface area contributed by atoms with E-state index in [4.69, 9.17) is 5.73 Å². The van der Waals surface area contributed by atoms with Crippen LogP contribution in [-0.2, 0) is 9.59 Å². The van der Waals surface area contributed by atoms with Crippen molar-refractivity contribution in [2.45, 2.75) is 25.4 Å². The van der Waals surface area contributed by atoms with Crippen LogP contribution >= 0.6 is 0 Å². The quantitative estimate of drug-likeness (QED) is 0.822. The first-order chi connectivity index (χ1) is 13.3. The molecule has 9 heteroatoms. The molecular formula is C19H17F3N4O2. The lowest BCUT2D eigenvalue weighted by molar-refractivity contribution is -0.119. The van der Waals surface area contributed by atoms with Crippen LogP contribution in [0.4, 0.5) is 18.9 Å². The molecule has 28 heavy (non-hydrogen) atoms. The van der Waals surface area contributed by atoms with Crippen molar-refractivity contribution >= 4 is 23.2 Å². The van der Waals surface area contributed by atoms with E-state index in [-0.39, 0.29) is 17.7 Å². The third kappa shape index (κ3) is 3.98. The highest BCUT2D eigenvalue weighted by molar-refractivity contribution is 6.40. The van der Waals surface area contributed by atoms with E-state index in [0.29, 0.717) is 5.69 Å². The van der Waals surface area contributed by atoms with Gasteiger partial charge in [0.1, 0.15) is 29.2 Å². The molecule has 0 bridgehead atoms. The predicted molar refractivity (Wildman–Crippen MR) is 96.8 cm³/mol. The molecule has 146 valence electrons. The number of hydrazone groups is 1. The van der Waals surface area contributed by atoms with Crippen molar-refractivity contribution in [3.05, 3.63) is 65.5 Å². The third-order valence-electron chi connectivity index (χ3n) is 4.37. The summed E-state index contributed by atoms with van der Waals surface area (Å²) in [6.07, 6.45) is -0.0584. The number of amides is 2.